The molecule has 0 aliphatic heterocycles. The van der Waals surface area contributed by atoms with Crippen LogP contribution in [0.2, 0.25) is 0 Å². The van der Waals surface area contributed by atoms with Gasteiger partial charge in [0, 0.05) is 10.5 Å². The Morgan fingerprint density at radius 3 is 2.62 bits per heavy atom. The molecule has 0 aliphatic carbocycles. The molecule has 1 amide bonds. The summed E-state index contributed by atoms with van der Waals surface area (Å²) in [6.45, 7) is 0. The van der Waals surface area contributed by atoms with Crippen LogP contribution in [0.1, 0.15) is 10.4 Å². The fourth-order valence-corrected chi connectivity index (χ4v) is 1.63. The number of halogens is 1. The maximum Gasteiger partial charge on any atom is 0.335 e. The van der Waals surface area contributed by atoms with Gasteiger partial charge in [0.2, 0.25) is 6.41 Å². The molecule has 0 fully saturated rings. The summed E-state index contributed by atoms with van der Waals surface area (Å²) in [4.78, 5) is 30.8. The highest BCUT2D eigenvalue weighted by atomic mass is 79.9. The number of carbonyl (C=O) groups excluding carboxylic acids is 1. The second-order valence-electron chi connectivity index (χ2n) is 2.68. The molecule has 7 nitrogen and oxygen atoms in total. The van der Waals surface area contributed by atoms with E-state index in [0.717, 1.165) is 6.07 Å². The van der Waals surface area contributed by atoms with Gasteiger partial charge in [-0.2, -0.15) is 0 Å². The summed E-state index contributed by atoms with van der Waals surface area (Å²) in [5.41, 5.74) is -0.807. The minimum atomic E-state index is -1.29. The molecule has 0 spiro atoms. The first-order chi connectivity index (χ1) is 7.47. The molecule has 8 heteroatoms. The van der Waals surface area contributed by atoms with Crippen molar-refractivity contribution in [3.8, 4) is 0 Å². The van der Waals surface area contributed by atoms with Gasteiger partial charge >= 0.3 is 5.97 Å². The van der Waals surface area contributed by atoms with Crippen molar-refractivity contribution in [1.29, 1.82) is 0 Å². The van der Waals surface area contributed by atoms with Gasteiger partial charge in [-0.25, -0.2) is 4.79 Å². The summed E-state index contributed by atoms with van der Waals surface area (Å²) in [5.74, 6) is -1.29. The number of carboxylic acids is 1. The summed E-state index contributed by atoms with van der Waals surface area (Å²) in [6, 6.07) is 2.04. The number of amides is 1. The first-order valence-corrected chi connectivity index (χ1v) is 4.68. The molecule has 0 saturated carbocycles. The molecule has 0 heterocycles. The molecule has 0 atom stereocenters. The standard InChI is InChI=1S/C8H5BrN2O5/c9-5-1-4(8(13)14)2-6(11(15)16)7(5)10-3-12/h1-3H,(H,10,12)(H,13,14). The van der Waals surface area contributed by atoms with Gasteiger partial charge in [-0.1, -0.05) is 0 Å². The van der Waals surface area contributed by atoms with Crippen LogP contribution in [-0.2, 0) is 4.79 Å². The second kappa shape index (κ2) is 4.71. The number of hydrogen-bond donors (Lipinski definition) is 2. The summed E-state index contributed by atoms with van der Waals surface area (Å²) in [7, 11) is 0. The van der Waals surface area contributed by atoms with E-state index in [4.69, 9.17) is 5.11 Å². The molecule has 0 bridgehead atoms. The van der Waals surface area contributed by atoms with E-state index in [1.807, 2.05) is 0 Å². The second-order valence-corrected chi connectivity index (χ2v) is 3.53. The smallest absolute Gasteiger partial charge is 0.335 e. The maximum atomic E-state index is 10.7. The number of hydrogen-bond acceptors (Lipinski definition) is 4. The molecule has 84 valence electrons. The predicted octanol–water partition coefficient (Wildman–Crippen LogP) is 1.62. The third kappa shape index (κ3) is 2.34. The fraction of sp³-hybridized carbons (Fsp3) is 0. The highest BCUT2D eigenvalue weighted by Crippen LogP contribution is 2.33. The Morgan fingerprint density at radius 1 is 1.56 bits per heavy atom. The number of rotatable bonds is 4. The molecule has 0 radical (unpaired) electrons. The molecule has 2 N–H and O–H groups in total. The van der Waals surface area contributed by atoms with Gasteiger partial charge in [-0.05, 0) is 22.0 Å². The van der Waals surface area contributed by atoms with Crippen LogP contribution in [0.4, 0.5) is 11.4 Å². The molecule has 1 rings (SSSR count). The van der Waals surface area contributed by atoms with Crippen LogP contribution in [0, 0.1) is 10.1 Å². The van der Waals surface area contributed by atoms with Crippen molar-refractivity contribution in [3.05, 3.63) is 32.3 Å². The molecule has 0 aromatic heterocycles. The molecule has 16 heavy (non-hydrogen) atoms. The molecule has 0 saturated heterocycles. The predicted molar refractivity (Wildman–Crippen MR) is 57.4 cm³/mol. The van der Waals surface area contributed by atoms with Gasteiger partial charge in [0.1, 0.15) is 5.69 Å². The van der Waals surface area contributed by atoms with Crippen molar-refractivity contribution in [1.82, 2.24) is 0 Å². The molecule has 0 aliphatic rings. The van der Waals surface area contributed by atoms with Gasteiger partial charge in [-0.3, -0.25) is 14.9 Å². The van der Waals surface area contributed by atoms with Crippen LogP contribution >= 0.6 is 15.9 Å². The zero-order valence-corrected chi connectivity index (χ0v) is 9.22. The van der Waals surface area contributed by atoms with Crippen molar-refractivity contribution >= 4 is 39.7 Å². The van der Waals surface area contributed by atoms with Crippen LogP contribution in [0.15, 0.2) is 16.6 Å². The summed E-state index contributed by atoms with van der Waals surface area (Å²) >= 11 is 2.95. The lowest BCUT2D eigenvalue weighted by Gasteiger charge is -2.05. The highest BCUT2D eigenvalue weighted by Gasteiger charge is 2.20. The quantitative estimate of drug-likeness (QED) is 0.497. The number of nitro groups is 1. The summed E-state index contributed by atoms with van der Waals surface area (Å²) < 4.78 is 0.131. The van der Waals surface area contributed by atoms with E-state index in [2.05, 4.69) is 21.2 Å². The molecular weight excluding hydrogens is 284 g/mol. The monoisotopic (exact) mass is 288 g/mol. The van der Waals surface area contributed by atoms with Gasteiger partial charge in [-0.15, -0.1) is 0 Å². The van der Waals surface area contributed by atoms with Crippen molar-refractivity contribution in [2.24, 2.45) is 0 Å². The van der Waals surface area contributed by atoms with Gasteiger partial charge in [0.15, 0.2) is 0 Å². The number of benzene rings is 1. The third-order valence-corrected chi connectivity index (χ3v) is 2.34. The van der Waals surface area contributed by atoms with E-state index in [9.17, 15) is 19.7 Å². The average molecular weight is 289 g/mol. The normalized spacial score (nSPS) is 9.56. The zero-order valence-electron chi connectivity index (χ0n) is 7.64. The lowest BCUT2D eigenvalue weighted by molar-refractivity contribution is -0.384. The minimum Gasteiger partial charge on any atom is -0.478 e. The number of anilines is 1. The SMILES string of the molecule is O=CNc1c(Br)cc(C(=O)O)cc1[N+](=O)[O-]. The Labute approximate surface area is 97.3 Å². The van der Waals surface area contributed by atoms with E-state index in [1.165, 1.54) is 6.07 Å². The first kappa shape index (κ1) is 12.1. The number of nitro benzene ring substituents is 1. The Hall–Kier alpha value is -1.96. The topological polar surface area (TPSA) is 110 Å². The van der Waals surface area contributed by atoms with E-state index in [0.29, 0.717) is 0 Å². The Balaban J connectivity index is 3.44. The fourth-order valence-electron chi connectivity index (χ4n) is 1.06. The lowest BCUT2D eigenvalue weighted by atomic mass is 10.2. The van der Waals surface area contributed by atoms with Crippen LogP contribution in [0.5, 0.6) is 0 Å². The number of carboxylic acid groups (broad SMARTS) is 1. The number of carbonyl (C=O) groups is 2. The Bertz CT molecular complexity index is 474. The summed E-state index contributed by atoms with van der Waals surface area (Å²) in [5, 5.41) is 21.5. The third-order valence-electron chi connectivity index (χ3n) is 1.72. The Kier molecular flexibility index (Phi) is 3.56. The average Bonchev–Trinajstić information content (AvgIpc) is 2.20. The van der Waals surface area contributed by atoms with Crippen LogP contribution in [-0.4, -0.2) is 22.4 Å². The molecule has 0 unspecified atom stereocenters. The van der Waals surface area contributed by atoms with E-state index >= 15 is 0 Å². The Morgan fingerprint density at radius 2 is 2.19 bits per heavy atom. The zero-order chi connectivity index (χ0) is 12.3. The number of nitrogens with one attached hydrogen (secondary N) is 1. The van der Waals surface area contributed by atoms with E-state index in [-0.39, 0.29) is 22.1 Å². The summed E-state index contributed by atoms with van der Waals surface area (Å²) in [6.07, 6.45) is 0.271. The van der Waals surface area contributed by atoms with Gasteiger partial charge in [0.05, 0.1) is 10.5 Å². The van der Waals surface area contributed by atoms with Crippen molar-refractivity contribution in [3.63, 3.8) is 0 Å². The minimum absolute atomic E-state index is 0.0787. The van der Waals surface area contributed by atoms with Crippen LogP contribution in [0.25, 0.3) is 0 Å². The van der Waals surface area contributed by atoms with Gasteiger partial charge in [0.25, 0.3) is 5.69 Å². The molecule has 1 aromatic carbocycles. The van der Waals surface area contributed by atoms with Gasteiger partial charge < -0.3 is 10.4 Å². The largest absolute Gasteiger partial charge is 0.478 e. The van der Waals surface area contributed by atoms with Crippen molar-refractivity contribution < 1.29 is 19.6 Å². The molecule has 1 aromatic rings. The van der Waals surface area contributed by atoms with Crippen LogP contribution < -0.4 is 5.32 Å². The van der Waals surface area contributed by atoms with Crippen molar-refractivity contribution in [2.45, 2.75) is 0 Å². The van der Waals surface area contributed by atoms with Crippen LogP contribution in [0.3, 0.4) is 0 Å². The molecular formula is C8H5BrN2O5. The number of nitrogens with zero attached hydrogens (tertiary/aromatic N) is 1. The lowest BCUT2D eigenvalue weighted by Crippen LogP contribution is -2.04. The van der Waals surface area contributed by atoms with Crippen molar-refractivity contribution in [2.75, 3.05) is 5.32 Å². The maximum absolute atomic E-state index is 10.7. The number of aromatic carboxylic acids is 1. The van der Waals surface area contributed by atoms with E-state index < -0.39 is 16.6 Å². The van der Waals surface area contributed by atoms with E-state index in [1.54, 1.807) is 0 Å². The highest BCUT2D eigenvalue weighted by molar-refractivity contribution is 9.10. The first-order valence-electron chi connectivity index (χ1n) is 3.88.